The Bertz CT molecular complexity index is 489. The number of hydrogen-bond donors (Lipinski definition) is 0. The van der Waals surface area contributed by atoms with Crippen LogP contribution < -0.4 is 4.74 Å². The molecule has 0 spiro atoms. The quantitative estimate of drug-likeness (QED) is 0.436. The van der Waals surface area contributed by atoms with Crippen LogP contribution >= 0.6 is 12.4 Å². The van der Waals surface area contributed by atoms with Crippen LogP contribution in [0.2, 0.25) is 0 Å². The van der Waals surface area contributed by atoms with Crippen molar-refractivity contribution < 1.29 is 19.1 Å². The number of rotatable bonds is 7. The van der Waals surface area contributed by atoms with Gasteiger partial charge in [-0.2, -0.15) is 0 Å². The number of benzene rings is 1. The Morgan fingerprint density at radius 2 is 1.73 bits per heavy atom. The van der Waals surface area contributed by atoms with Crippen LogP contribution in [0.3, 0.4) is 0 Å². The predicted molar refractivity (Wildman–Crippen MR) is 87.4 cm³/mol. The van der Waals surface area contributed by atoms with Gasteiger partial charge in [-0.05, 0) is 31.6 Å². The van der Waals surface area contributed by atoms with Crippen LogP contribution in [0.1, 0.15) is 44.5 Å². The summed E-state index contributed by atoms with van der Waals surface area (Å²) in [6.07, 6.45) is 0.418. The Morgan fingerprint density at radius 1 is 1.14 bits per heavy atom. The zero-order chi connectivity index (χ0) is 15.8. The van der Waals surface area contributed by atoms with E-state index in [2.05, 4.69) is 4.90 Å². The third kappa shape index (κ3) is 5.66. The number of esters is 2. The fourth-order valence-electron chi connectivity index (χ4n) is 2.11. The van der Waals surface area contributed by atoms with Gasteiger partial charge in [0.15, 0.2) is 6.23 Å². The van der Waals surface area contributed by atoms with Gasteiger partial charge in [-0.3, -0.25) is 9.69 Å². The first kappa shape index (κ1) is 20.4. The Labute approximate surface area is 138 Å². The van der Waals surface area contributed by atoms with Crippen molar-refractivity contribution in [3.05, 3.63) is 29.8 Å². The molecule has 1 aromatic carbocycles. The fourth-order valence-corrected chi connectivity index (χ4v) is 2.11. The van der Waals surface area contributed by atoms with Crippen LogP contribution in [-0.4, -0.2) is 36.2 Å². The van der Waals surface area contributed by atoms with E-state index in [4.69, 9.17) is 9.47 Å². The van der Waals surface area contributed by atoms with Crippen molar-refractivity contribution in [2.45, 2.75) is 40.3 Å². The number of para-hydroxylation sites is 1. The van der Waals surface area contributed by atoms with Gasteiger partial charge in [-0.25, -0.2) is 4.79 Å². The Morgan fingerprint density at radius 3 is 2.23 bits per heavy atom. The molecule has 1 aromatic rings. The highest BCUT2D eigenvalue weighted by Crippen LogP contribution is 2.20. The summed E-state index contributed by atoms with van der Waals surface area (Å²) >= 11 is 0. The zero-order valence-electron chi connectivity index (χ0n) is 13.5. The fraction of sp³-hybridized carbons (Fsp3) is 0.500. The number of nitrogens with zero attached hydrogens (tertiary/aromatic N) is 1. The second-order valence-electron chi connectivity index (χ2n) is 4.58. The molecule has 1 unspecified atom stereocenters. The maximum Gasteiger partial charge on any atom is 0.343 e. The molecule has 0 amide bonds. The maximum atomic E-state index is 12.3. The normalized spacial score (nSPS) is 11.5. The minimum Gasteiger partial charge on any atom is -0.443 e. The molecule has 0 aliphatic carbocycles. The summed E-state index contributed by atoms with van der Waals surface area (Å²) in [6.45, 7) is 8.91. The van der Waals surface area contributed by atoms with Gasteiger partial charge in [0.25, 0.3) is 0 Å². The molecule has 6 heteroatoms. The highest BCUT2D eigenvalue weighted by Gasteiger charge is 2.22. The molecule has 0 aliphatic rings. The molecular weight excluding hydrogens is 306 g/mol. The van der Waals surface area contributed by atoms with Crippen LogP contribution in [0.25, 0.3) is 0 Å². The topological polar surface area (TPSA) is 55.8 Å². The Balaban J connectivity index is 0.00000441. The van der Waals surface area contributed by atoms with Crippen molar-refractivity contribution in [1.82, 2.24) is 4.90 Å². The van der Waals surface area contributed by atoms with E-state index >= 15 is 0 Å². The minimum absolute atomic E-state index is 0. The average Bonchev–Trinajstić information content (AvgIpc) is 2.47. The largest absolute Gasteiger partial charge is 0.443 e. The molecule has 1 rings (SSSR count). The smallest absolute Gasteiger partial charge is 0.343 e. The average molecular weight is 330 g/mol. The first-order valence-electron chi connectivity index (χ1n) is 7.25. The Kier molecular flexibility index (Phi) is 9.45. The first-order chi connectivity index (χ1) is 10.0. The second-order valence-corrected chi connectivity index (χ2v) is 4.58. The summed E-state index contributed by atoms with van der Waals surface area (Å²) in [5.41, 5.74) is 0.262. The summed E-state index contributed by atoms with van der Waals surface area (Å²) in [7, 11) is 0. The van der Waals surface area contributed by atoms with Gasteiger partial charge in [0.05, 0.1) is 0 Å². The lowest BCUT2D eigenvalue weighted by Gasteiger charge is -2.28. The van der Waals surface area contributed by atoms with E-state index in [1.54, 1.807) is 24.3 Å². The summed E-state index contributed by atoms with van der Waals surface area (Å²) in [5, 5.41) is 0. The van der Waals surface area contributed by atoms with Crippen molar-refractivity contribution in [1.29, 1.82) is 0 Å². The highest BCUT2D eigenvalue weighted by atomic mass is 35.5. The standard InChI is InChI=1S/C16H23NO4.ClH/c1-5-15(17(6-2)7-3)21-16(19)13-10-8-9-11-14(13)20-12(4)18;/h8-11,15H,5-7H2,1-4H3;1H. The molecule has 0 saturated heterocycles. The lowest BCUT2D eigenvalue weighted by atomic mass is 10.2. The SMILES string of the molecule is CCC(OC(=O)c1ccccc1OC(C)=O)N(CC)CC.Cl. The summed E-state index contributed by atoms with van der Waals surface area (Å²) in [4.78, 5) is 25.5. The van der Waals surface area contributed by atoms with Crippen LogP contribution in [0.5, 0.6) is 5.75 Å². The monoisotopic (exact) mass is 329 g/mol. The molecule has 0 saturated carbocycles. The van der Waals surface area contributed by atoms with Gasteiger partial charge in [-0.15, -0.1) is 12.4 Å². The predicted octanol–water partition coefficient (Wildman–Crippen LogP) is 3.27. The summed E-state index contributed by atoms with van der Waals surface area (Å²) < 4.78 is 10.6. The Hall–Kier alpha value is -1.59. The van der Waals surface area contributed by atoms with Crippen LogP contribution in [-0.2, 0) is 9.53 Å². The molecule has 0 N–H and O–H groups in total. The molecule has 0 bridgehead atoms. The third-order valence-corrected chi connectivity index (χ3v) is 3.17. The van der Waals surface area contributed by atoms with E-state index in [1.807, 2.05) is 20.8 Å². The van der Waals surface area contributed by atoms with E-state index in [-0.39, 0.29) is 29.9 Å². The maximum absolute atomic E-state index is 12.3. The second kappa shape index (κ2) is 10.2. The van der Waals surface area contributed by atoms with Crippen molar-refractivity contribution in [2.75, 3.05) is 13.1 Å². The third-order valence-electron chi connectivity index (χ3n) is 3.17. The summed E-state index contributed by atoms with van der Waals surface area (Å²) in [6, 6.07) is 6.59. The van der Waals surface area contributed by atoms with Crippen LogP contribution in [0.15, 0.2) is 24.3 Å². The van der Waals surface area contributed by atoms with Crippen molar-refractivity contribution >= 4 is 24.3 Å². The van der Waals surface area contributed by atoms with E-state index in [0.29, 0.717) is 6.42 Å². The number of hydrogen-bond acceptors (Lipinski definition) is 5. The number of carbonyl (C=O) groups excluding carboxylic acids is 2. The van der Waals surface area contributed by atoms with Crippen molar-refractivity contribution in [3.8, 4) is 5.75 Å². The van der Waals surface area contributed by atoms with Gasteiger partial charge in [0.2, 0.25) is 0 Å². The molecule has 124 valence electrons. The molecule has 0 aromatic heterocycles. The number of carbonyl (C=O) groups is 2. The van der Waals surface area contributed by atoms with Crippen molar-refractivity contribution in [2.24, 2.45) is 0 Å². The first-order valence-corrected chi connectivity index (χ1v) is 7.25. The van der Waals surface area contributed by atoms with Crippen LogP contribution in [0.4, 0.5) is 0 Å². The van der Waals surface area contributed by atoms with E-state index in [9.17, 15) is 9.59 Å². The highest BCUT2D eigenvalue weighted by molar-refractivity contribution is 5.93. The lowest BCUT2D eigenvalue weighted by Crippen LogP contribution is -2.38. The van der Waals surface area contributed by atoms with E-state index < -0.39 is 11.9 Å². The number of ether oxygens (including phenoxy) is 2. The lowest BCUT2D eigenvalue weighted by molar-refractivity contribution is -0.131. The van der Waals surface area contributed by atoms with Gasteiger partial charge in [-0.1, -0.05) is 32.9 Å². The van der Waals surface area contributed by atoms with Gasteiger partial charge in [0.1, 0.15) is 11.3 Å². The minimum atomic E-state index is -0.481. The zero-order valence-corrected chi connectivity index (χ0v) is 14.3. The number of halogens is 1. The van der Waals surface area contributed by atoms with Crippen LogP contribution in [0, 0.1) is 0 Å². The molecule has 5 nitrogen and oxygen atoms in total. The molecule has 0 radical (unpaired) electrons. The summed E-state index contributed by atoms with van der Waals surface area (Å²) in [5.74, 6) is -0.721. The van der Waals surface area contributed by atoms with Crippen molar-refractivity contribution in [3.63, 3.8) is 0 Å². The molecule has 22 heavy (non-hydrogen) atoms. The molecular formula is C16H24ClNO4. The molecule has 1 atom stereocenters. The molecule has 0 fully saturated rings. The molecule has 0 heterocycles. The molecule has 0 aliphatic heterocycles. The van der Waals surface area contributed by atoms with Gasteiger partial charge < -0.3 is 9.47 Å². The van der Waals surface area contributed by atoms with Gasteiger partial charge >= 0.3 is 11.9 Å². The van der Waals surface area contributed by atoms with E-state index in [1.165, 1.54) is 6.92 Å². The van der Waals surface area contributed by atoms with E-state index in [0.717, 1.165) is 13.1 Å². The van der Waals surface area contributed by atoms with Gasteiger partial charge in [0, 0.05) is 6.92 Å².